The van der Waals surface area contributed by atoms with Gasteiger partial charge in [0.1, 0.15) is 0 Å². The number of fused-ring (bicyclic) bond motifs is 5. The lowest BCUT2D eigenvalue weighted by atomic mass is 9.89. The van der Waals surface area contributed by atoms with Crippen LogP contribution in [-0.4, -0.2) is 9.97 Å². The zero-order chi connectivity index (χ0) is 37.7. The van der Waals surface area contributed by atoms with Crippen LogP contribution in [0.3, 0.4) is 0 Å². The van der Waals surface area contributed by atoms with E-state index in [1.54, 1.807) is 0 Å². The summed E-state index contributed by atoms with van der Waals surface area (Å²) >= 11 is 1.82. The van der Waals surface area contributed by atoms with Gasteiger partial charge in [-0.3, -0.25) is 0 Å². The maximum atomic E-state index is 5.29. The Morgan fingerprint density at radius 1 is 0.316 bits per heavy atom. The number of aromatic nitrogens is 2. The Kier molecular flexibility index (Phi) is 8.04. The molecule has 2 heterocycles. The summed E-state index contributed by atoms with van der Waals surface area (Å²) in [4.78, 5) is 11.8. The molecule has 0 atom stereocenters. The molecule has 3 heteroatoms. The summed E-state index contributed by atoms with van der Waals surface area (Å²) in [5.41, 5.74) is 10.8. The van der Waals surface area contributed by atoms with E-state index in [0.29, 0.717) is 5.82 Å². The number of benzene rings is 9. The maximum absolute atomic E-state index is 5.29. The molecule has 0 aliphatic carbocycles. The van der Waals surface area contributed by atoms with E-state index >= 15 is 0 Å². The summed E-state index contributed by atoms with van der Waals surface area (Å²) in [7, 11) is 0. The van der Waals surface area contributed by atoms with Gasteiger partial charge in [-0.15, -0.1) is 11.3 Å². The summed E-state index contributed by atoms with van der Waals surface area (Å²) < 4.78 is 1.28. The highest BCUT2D eigenvalue weighted by Gasteiger charge is 2.17. The first kappa shape index (κ1) is 33.2. The van der Waals surface area contributed by atoms with Crippen LogP contribution in [0.1, 0.15) is 0 Å². The fourth-order valence-corrected chi connectivity index (χ4v) is 9.38. The molecule has 0 saturated heterocycles. The van der Waals surface area contributed by atoms with Crippen molar-refractivity contribution in [1.82, 2.24) is 9.97 Å². The van der Waals surface area contributed by atoms with Gasteiger partial charge in [-0.25, -0.2) is 9.97 Å². The van der Waals surface area contributed by atoms with E-state index < -0.39 is 0 Å². The van der Waals surface area contributed by atoms with Crippen LogP contribution in [0, 0.1) is 0 Å². The van der Waals surface area contributed by atoms with Crippen LogP contribution in [0.4, 0.5) is 0 Å². The van der Waals surface area contributed by atoms with Crippen LogP contribution in [-0.2, 0) is 0 Å². The van der Waals surface area contributed by atoms with Crippen LogP contribution in [0.25, 0.3) is 109 Å². The van der Waals surface area contributed by atoms with E-state index in [-0.39, 0.29) is 0 Å². The van der Waals surface area contributed by atoms with Gasteiger partial charge in [0, 0.05) is 31.8 Å². The van der Waals surface area contributed by atoms with Crippen molar-refractivity contribution in [3.63, 3.8) is 0 Å². The van der Waals surface area contributed by atoms with Crippen LogP contribution in [0.15, 0.2) is 206 Å². The highest BCUT2D eigenvalue weighted by Crippen LogP contribution is 2.42. The highest BCUT2D eigenvalue weighted by molar-refractivity contribution is 7.22. The van der Waals surface area contributed by atoms with E-state index in [1.807, 2.05) is 17.4 Å². The molecule has 0 aliphatic rings. The maximum Gasteiger partial charge on any atom is 0.160 e. The molecule has 0 fully saturated rings. The van der Waals surface area contributed by atoms with Crippen LogP contribution in [0.5, 0.6) is 0 Å². The van der Waals surface area contributed by atoms with Crippen molar-refractivity contribution < 1.29 is 0 Å². The number of hydrogen-bond donors (Lipinski definition) is 0. The number of rotatable bonds is 6. The molecule has 11 aromatic rings. The average Bonchev–Trinajstić information content (AvgIpc) is 3.73. The molecule has 0 bridgehead atoms. The number of hydrogen-bond acceptors (Lipinski definition) is 3. The Labute approximate surface area is 335 Å². The van der Waals surface area contributed by atoms with Crippen LogP contribution < -0.4 is 0 Å². The molecule has 0 radical (unpaired) electrons. The van der Waals surface area contributed by atoms with Gasteiger partial charge in [0.25, 0.3) is 0 Å². The molecule has 9 aromatic carbocycles. The Hall–Kier alpha value is -7.20. The lowest BCUT2D eigenvalue weighted by Gasteiger charge is -2.15. The van der Waals surface area contributed by atoms with Gasteiger partial charge in [0.15, 0.2) is 5.82 Å². The summed E-state index contributed by atoms with van der Waals surface area (Å²) in [6.07, 6.45) is 0. The predicted octanol–water partition coefficient (Wildman–Crippen LogP) is 15.2. The fraction of sp³-hybridized carbons (Fsp3) is 0. The summed E-state index contributed by atoms with van der Waals surface area (Å²) in [6, 6.07) is 74.0. The van der Waals surface area contributed by atoms with E-state index in [0.717, 1.165) is 33.6 Å². The first-order chi connectivity index (χ1) is 28.2. The van der Waals surface area contributed by atoms with Crippen molar-refractivity contribution in [3.05, 3.63) is 206 Å². The molecule has 2 aromatic heterocycles. The lowest BCUT2D eigenvalue weighted by Crippen LogP contribution is -1.97. The molecule has 57 heavy (non-hydrogen) atoms. The first-order valence-electron chi connectivity index (χ1n) is 19.3. The molecular formula is C54H34N2S. The van der Waals surface area contributed by atoms with Gasteiger partial charge in [0.2, 0.25) is 0 Å². The normalized spacial score (nSPS) is 11.5. The fourth-order valence-electron chi connectivity index (χ4n) is 8.28. The first-order valence-corrected chi connectivity index (χ1v) is 20.1. The Morgan fingerprint density at radius 3 is 1.72 bits per heavy atom. The largest absolute Gasteiger partial charge is 0.228 e. The second-order valence-electron chi connectivity index (χ2n) is 14.5. The molecule has 0 unspecified atom stereocenters. The summed E-state index contributed by atoms with van der Waals surface area (Å²) in [5.74, 6) is 0.698. The molecule has 0 aliphatic heterocycles. The van der Waals surface area contributed by atoms with E-state index in [9.17, 15) is 0 Å². The predicted molar refractivity (Wildman–Crippen MR) is 243 cm³/mol. The van der Waals surface area contributed by atoms with Crippen molar-refractivity contribution in [2.24, 2.45) is 0 Å². The smallest absolute Gasteiger partial charge is 0.160 e. The van der Waals surface area contributed by atoms with Gasteiger partial charge in [-0.2, -0.15) is 0 Å². The Balaban J connectivity index is 1.06. The monoisotopic (exact) mass is 742 g/mol. The number of thiophene rings is 1. The van der Waals surface area contributed by atoms with Gasteiger partial charge in [-0.05, 0) is 84.2 Å². The van der Waals surface area contributed by atoms with E-state index in [2.05, 4.69) is 200 Å². The standard InChI is InChI=1S/C54H34N2S/c1-2-12-35(13-3-1)36-22-28-40(29-23-36)54-55-49(34-50(56-54)45-19-9-10-20-46(45)52-33-42-16-6-11-21-51(42)57-52)38-24-26-39(27-25-38)53-44-18-8-5-15-41(44)32-48-43-17-7-4-14-37(43)30-31-47(48)53/h1-34H. The molecule has 0 saturated carbocycles. The van der Waals surface area contributed by atoms with E-state index in [4.69, 9.17) is 9.97 Å². The minimum Gasteiger partial charge on any atom is -0.228 e. The molecule has 0 N–H and O–H groups in total. The molecule has 2 nitrogen and oxygen atoms in total. The van der Waals surface area contributed by atoms with Crippen molar-refractivity contribution >= 4 is 53.7 Å². The zero-order valence-corrected chi connectivity index (χ0v) is 31.7. The highest BCUT2D eigenvalue weighted by atomic mass is 32.1. The molecule has 0 spiro atoms. The average molecular weight is 743 g/mol. The van der Waals surface area contributed by atoms with Crippen molar-refractivity contribution in [2.75, 3.05) is 0 Å². The molecule has 266 valence electrons. The SMILES string of the molecule is c1ccc(-c2ccc(-c3nc(-c4ccc(-c5c6ccccc6cc6c5ccc5ccccc56)cc4)cc(-c4ccccc4-c4cc5ccccc5s4)n3)cc2)cc1. The summed E-state index contributed by atoms with van der Waals surface area (Å²) in [5, 5.41) is 8.78. The van der Waals surface area contributed by atoms with Crippen molar-refractivity contribution in [3.8, 4) is 66.6 Å². The second kappa shape index (κ2) is 13.8. The molecule has 0 amide bonds. The zero-order valence-electron chi connectivity index (χ0n) is 30.9. The molecular weight excluding hydrogens is 709 g/mol. The third-order valence-electron chi connectivity index (χ3n) is 11.1. The number of nitrogens with zero attached hydrogens (tertiary/aromatic N) is 2. The Morgan fingerprint density at radius 2 is 0.912 bits per heavy atom. The molecule has 11 rings (SSSR count). The topological polar surface area (TPSA) is 25.8 Å². The Bertz CT molecular complexity index is 3240. The minimum absolute atomic E-state index is 0.698. The van der Waals surface area contributed by atoms with E-state index in [1.165, 1.54) is 69.5 Å². The quantitative estimate of drug-likeness (QED) is 0.125. The van der Waals surface area contributed by atoms with Crippen LogP contribution in [0.2, 0.25) is 0 Å². The lowest BCUT2D eigenvalue weighted by molar-refractivity contribution is 1.18. The van der Waals surface area contributed by atoms with Gasteiger partial charge >= 0.3 is 0 Å². The summed E-state index contributed by atoms with van der Waals surface area (Å²) in [6.45, 7) is 0. The third kappa shape index (κ3) is 5.97. The van der Waals surface area contributed by atoms with Crippen molar-refractivity contribution in [1.29, 1.82) is 0 Å². The van der Waals surface area contributed by atoms with Gasteiger partial charge in [-0.1, -0.05) is 182 Å². The minimum atomic E-state index is 0.698. The van der Waals surface area contributed by atoms with Crippen LogP contribution >= 0.6 is 11.3 Å². The third-order valence-corrected chi connectivity index (χ3v) is 12.3. The van der Waals surface area contributed by atoms with Gasteiger partial charge in [0.05, 0.1) is 11.4 Å². The van der Waals surface area contributed by atoms with Gasteiger partial charge < -0.3 is 0 Å². The van der Waals surface area contributed by atoms with Crippen molar-refractivity contribution in [2.45, 2.75) is 0 Å². The second-order valence-corrected chi connectivity index (χ2v) is 15.6.